The Hall–Kier alpha value is -3.93. The Balaban J connectivity index is 1.59. The third-order valence-corrected chi connectivity index (χ3v) is 4.82. The second-order valence-corrected chi connectivity index (χ2v) is 6.97. The van der Waals surface area contributed by atoms with E-state index in [2.05, 4.69) is 20.2 Å². The van der Waals surface area contributed by atoms with E-state index in [9.17, 15) is 9.59 Å². The summed E-state index contributed by atoms with van der Waals surface area (Å²) in [6.07, 6.45) is 0.394. The Kier molecular flexibility index (Phi) is 5.30. The van der Waals surface area contributed by atoms with Gasteiger partial charge in [0, 0.05) is 29.0 Å². The van der Waals surface area contributed by atoms with Crippen LogP contribution in [0.5, 0.6) is 0 Å². The molecule has 4 aromatic rings. The molecular weight excluding hydrogens is 376 g/mol. The second-order valence-electron chi connectivity index (χ2n) is 6.97. The number of hydrogen-bond donors (Lipinski definition) is 2. The number of nitrogens with one attached hydrogen (secondary N) is 2. The molecule has 0 aliphatic heterocycles. The zero-order valence-corrected chi connectivity index (χ0v) is 16.8. The minimum atomic E-state index is -0.234. The lowest BCUT2D eigenvalue weighted by Crippen LogP contribution is -2.13. The summed E-state index contributed by atoms with van der Waals surface area (Å²) in [4.78, 5) is 29.0. The van der Waals surface area contributed by atoms with Crippen molar-refractivity contribution in [2.24, 2.45) is 0 Å². The molecule has 0 aliphatic rings. The molecule has 0 radical (unpaired) electrons. The van der Waals surface area contributed by atoms with Crippen LogP contribution in [0, 0.1) is 6.92 Å². The van der Waals surface area contributed by atoms with E-state index in [0.717, 1.165) is 22.5 Å². The van der Waals surface area contributed by atoms with Crippen LogP contribution in [0.15, 0.2) is 72.8 Å². The summed E-state index contributed by atoms with van der Waals surface area (Å²) in [7, 11) is 0. The smallest absolute Gasteiger partial charge is 0.255 e. The van der Waals surface area contributed by atoms with Crippen molar-refractivity contribution in [1.29, 1.82) is 0 Å². The molecule has 0 saturated carbocycles. The van der Waals surface area contributed by atoms with Gasteiger partial charge in [-0.05, 0) is 55.5 Å². The number of hydrogen-bond acceptors (Lipinski definition) is 3. The normalized spacial score (nSPS) is 10.7. The van der Waals surface area contributed by atoms with Gasteiger partial charge in [-0.2, -0.15) is 0 Å². The highest BCUT2D eigenvalue weighted by Crippen LogP contribution is 2.23. The number of para-hydroxylation sites is 1. The van der Waals surface area contributed by atoms with Crippen molar-refractivity contribution < 1.29 is 9.59 Å². The second kappa shape index (κ2) is 8.21. The van der Waals surface area contributed by atoms with Crippen LogP contribution in [-0.2, 0) is 4.79 Å². The van der Waals surface area contributed by atoms with Crippen LogP contribution in [0.1, 0.15) is 29.5 Å². The highest BCUT2D eigenvalue weighted by Gasteiger charge is 2.13. The van der Waals surface area contributed by atoms with Crippen LogP contribution in [-0.4, -0.2) is 21.4 Å². The van der Waals surface area contributed by atoms with Crippen molar-refractivity contribution in [1.82, 2.24) is 9.55 Å². The van der Waals surface area contributed by atoms with Gasteiger partial charge in [0.1, 0.15) is 5.82 Å². The summed E-state index contributed by atoms with van der Waals surface area (Å²) in [5.41, 5.74) is 4.50. The topological polar surface area (TPSA) is 76.0 Å². The Morgan fingerprint density at radius 2 is 1.63 bits per heavy atom. The van der Waals surface area contributed by atoms with Gasteiger partial charge in [0.15, 0.2) is 0 Å². The highest BCUT2D eigenvalue weighted by atomic mass is 16.2. The molecule has 0 spiro atoms. The lowest BCUT2D eigenvalue weighted by atomic mass is 10.1. The van der Waals surface area contributed by atoms with Crippen LogP contribution in [0.2, 0.25) is 0 Å². The molecule has 1 heterocycles. The van der Waals surface area contributed by atoms with Crippen molar-refractivity contribution in [3.63, 3.8) is 0 Å². The van der Waals surface area contributed by atoms with Gasteiger partial charge in [-0.1, -0.05) is 31.2 Å². The lowest BCUT2D eigenvalue weighted by Gasteiger charge is -2.09. The first-order valence-electron chi connectivity index (χ1n) is 9.81. The van der Waals surface area contributed by atoms with E-state index in [4.69, 9.17) is 0 Å². The monoisotopic (exact) mass is 398 g/mol. The molecular formula is C24H22N4O2. The fraction of sp³-hybridized carbons (Fsp3) is 0.125. The molecule has 6 heteroatoms. The predicted octanol–water partition coefficient (Wildman–Crippen LogP) is 4.93. The number of fused-ring (bicyclic) bond motifs is 1. The maximum atomic E-state index is 12.8. The van der Waals surface area contributed by atoms with Gasteiger partial charge in [0.05, 0.1) is 11.0 Å². The molecule has 0 aliphatic carbocycles. The van der Waals surface area contributed by atoms with Crippen molar-refractivity contribution in [3.8, 4) is 5.69 Å². The van der Waals surface area contributed by atoms with Crippen molar-refractivity contribution in [2.75, 3.05) is 10.6 Å². The largest absolute Gasteiger partial charge is 0.326 e. The third kappa shape index (κ3) is 3.93. The van der Waals surface area contributed by atoms with Crippen molar-refractivity contribution in [2.45, 2.75) is 20.3 Å². The van der Waals surface area contributed by atoms with Crippen molar-refractivity contribution >= 4 is 34.2 Å². The van der Waals surface area contributed by atoms with Gasteiger partial charge in [-0.15, -0.1) is 0 Å². The first-order chi connectivity index (χ1) is 14.5. The van der Waals surface area contributed by atoms with Gasteiger partial charge < -0.3 is 10.6 Å². The molecule has 0 bridgehead atoms. The Morgan fingerprint density at radius 3 is 2.37 bits per heavy atom. The number of carbonyl (C=O) groups excluding carboxylic acids is 2. The van der Waals surface area contributed by atoms with E-state index in [-0.39, 0.29) is 11.8 Å². The summed E-state index contributed by atoms with van der Waals surface area (Å²) in [5.74, 6) is 0.546. The fourth-order valence-corrected chi connectivity index (χ4v) is 3.37. The van der Waals surface area contributed by atoms with E-state index in [1.165, 1.54) is 0 Å². The predicted molar refractivity (Wildman–Crippen MR) is 119 cm³/mol. The summed E-state index contributed by atoms with van der Waals surface area (Å²) in [6.45, 7) is 3.74. The number of carbonyl (C=O) groups is 2. The van der Waals surface area contributed by atoms with Gasteiger partial charge in [-0.3, -0.25) is 14.2 Å². The number of aromatic nitrogens is 2. The van der Waals surface area contributed by atoms with Crippen LogP contribution >= 0.6 is 0 Å². The zero-order valence-electron chi connectivity index (χ0n) is 16.8. The third-order valence-electron chi connectivity index (χ3n) is 4.82. The van der Waals surface area contributed by atoms with Crippen molar-refractivity contribution in [3.05, 3.63) is 84.2 Å². The molecule has 6 nitrogen and oxygen atoms in total. The van der Waals surface area contributed by atoms with Crippen LogP contribution in [0.4, 0.5) is 11.4 Å². The summed E-state index contributed by atoms with van der Waals surface area (Å²) < 4.78 is 2.07. The van der Waals surface area contributed by atoms with Crippen LogP contribution in [0.25, 0.3) is 16.7 Å². The van der Waals surface area contributed by atoms with E-state index in [1.807, 2.05) is 43.3 Å². The number of benzene rings is 3. The van der Waals surface area contributed by atoms with Gasteiger partial charge in [0.2, 0.25) is 5.91 Å². The molecule has 0 saturated heterocycles. The number of nitrogens with zero attached hydrogens (tertiary/aromatic N) is 2. The van der Waals surface area contributed by atoms with E-state index >= 15 is 0 Å². The maximum Gasteiger partial charge on any atom is 0.255 e. The minimum Gasteiger partial charge on any atom is -0.326 e. The number of imidazole rings is 1. The van der Waals surface area contributed by atoms with Gasteiger partial charge in [-0.25, -0.2) is 4.98 Å². The summed E-state index contributed by atoms with van der Waals surface area (Å²) in [5, 5.41) is 5.67. The summed E-state index contributed by atoms with van der Waals surface area (Å²) >= 11 is 0. The van der Waals surface area contributed by atoms with E-state index in [0.29, 0.717) is 23.4 Å². The maximum absolute atomic E-state index is 12.8. The standard InChI is InChI=1S/C24H22N4O2/c1-3-23(29)26-18-8-7-9-19(15-18)27-24(30)17-12-13-22-21(14-17)25-16(2)28(22)20-10-5-4-6-11-20/h4-15H,3H2,1-2H3,(H,26,29)(H,27,30). The zero-order chi connectivity index (χ0) is 21.1. The van der Waals surface area contributed by atoms with Gasteiger partial charge >= 0.3 is 0 Å². The molecule has 0 fully saturated rings. The molecule has 150 valence electrons. The molecule has 2 amide bonds. The Labute approximate surface area is 174 Å². The molecule has 0 unspecified atom stereocenters. The highest BCUT2D eigenvalue weighted by molar-refractivity contribution is 6.06. The summed E-state index contributed by atoms with van der Waals surface area (Å²) in [6, 6.07) is 22.6. The quantitative estimate of drug-likeness (QED) is 0.500. The number of rotatable bonds is 5. The average molecular weight is 398 g/mol. The fourth-order valence-electron chi connectivity index (χ4n) is 3.37. The van der Waals surface area contributed by atoms with Gasteiger partial charge in [0.25, 0.3) is 5.91 Å². The van der Waals surface area contributed by atoms with Crippen LogP contribution in [0.3, 0.4) is 0 Å². The van der Waals surface area contributed by atoms with E-state index in [1.54, 1.807) is 43.3 Å². The molecule has 2 N–H and O–H groups in total. The molecule has 1 aromatic heterocycles. The van der Waals surface area contributed by atoms with E-state index < -0.39 is 0 Å². The molecule has 3 aromatic carbocycles. The number of amides is 2. The Morgan fingerprint density at radius 1 is 0.900 bits per heavy atom. The number of aryl methyl sites for hydroxylation is 1. The molecule has 30 heavy (non-hydrogen) atoms. The lowest BCUT2D eigenvalue weighted by molar-refractivity contribution is -0.115. The Bertz CT molecular complexity index is 1230. The minimum absolute atomic E-state index is 0.0756. The SMILES string of the molecule is CCC(=O)Nc1cccc(NC(=O)c2ccc3c(c2)nc(C)n3-c2ccccc2)c1. The first kappa shape index (κ1) is 19.4. The molecule has 0 atom stereocenters. The van der Waals surface area contributed by atoms with Crippen LogP contribution < -0.4 is 10.6 Å². The average Bonchev–Trinajstić information content (AvgIpc) is 3.09. The number of anilines is 2. The first-order valence-corrected chi connectivity index (χ1v) is 9.81. The molecule has 4 rings (SSSR count).